The van der Waals surface area contributed by atoms with Crippen molar-refractivity contribution in [3.63, 3.8) is 0 Å². The van der Waals surface area contributed by atoms with Gasteiger partial charge in [0.05, 0.1) is 0 Å². The molecule has 110 valence electrons. The Morgan fingerprint density at radius 1 is 1.50 bits per heavy atom. The number of hydrogen-bond acceptors (Lipinski definition) is 3. The van der Waals surface area contributed by atoms with Gasteiger partial charge < -0.3 is 0 Å². The molecule has 1 saturated heterocycles. The van der Waals surface area contributed by atoms with Crippen molar-refractivity contribution in [1.82, 2.24) is 10.3 Å². The van der Waals surface area contributed by atoms with Crippen LogP contribution in [0.4, 0.5) is 4.39 Å². The van der Waals surface area contributed by atoms with Gasteiger partial charge in [0.15, 0.2) is 0 Å². The van der Waals surface area contributed by atoms with Crippen LogP contribution in [0, 0.1) is 11.7 Å². The Bertz CT molecular complexity index is 492. The summed E-state index contributed by atoms with van der Waals surface area (Å²) in [5, 5.41) is 0. The van der Waals surface area contributed by atoms with Gasteiger partial charge in [0.2, 0.25) is 0 Å². The van der Waals surface area contributed by atoms with Crippen LogP contribution in [0.1, 0.15) is 42.6 Å². The Balaban J connectivity index is 2.14. The average molecular weight is 279 g/mol. The molecule has 1 aromatic rings. The van der Waals surface area contributed by atoms with Crippen LogP contribution < -0.4 is 11.3 Å². The fraction of sp³-hybridized carbons (Fsp3) is 0.533. The summed E-state index contributed by atoms with van der Waals surface area (Å²) in [6.45, 7) is 5.92. The third-order valence-electron chi connectivity index (χ3n) is 4.09. The van der Waals surface area contributed by atoms with E-state index < -0.39 is 5.91 Å². The molecule has 20 heavy (non-hydrogen) atoms. The molecular weight excluding hydrogens is 257 g/mol. The number of benzene rings is 1. The van der Waals surface area contributed by atoms with Crippen molar-refractivity contribution in [3.8, 4) is 0 Å². The molecule has 5 heteroatoms. The summed E-state index contributed by atoms with van der Waals surface area (Å²) in [4.78, 5) is 13.8. The first-order valence-electron chi connectivity index (χ1n) is 7.04. The fourth-order valence-electron chi connectivity index (χ4n) is 2.83. The van der Waals surface area contributed by atoms with Crippen LogP contribution in [0.5, 0.6) is 0 Å². The molecule has 1 aliphatic rings. The number of carbonyl (C=O) groups excluding carboxylic acids is 1. The van der Waals surface area contributed by atoms with Crippen molar-refractivity contribution < 1.29 is 9.18 Å². The summed E-state index contributed by atoms with van der Waals surface area (Å²) >= 11 is 0. The number of hydrazine groups is 1. The molecule has 1 fully saturated rings. The summed E-state index contributed by atoms with van der Waals surface area (Å²) < 4.78 is 13.9. The van der Waals surface area contributed by atoms with Crippen molar-refractivity contribution in [2.45, 2.75) is 39.3 Å². The maximum atomic E-state index is 13.9. The molecule has 2 unspecified atom stereocenters. The first kappa shape index (κ1) is 14.9. The highest BCUT2D eigenvalue weighted by atomic mass is 19.1. The third kappa shape index (κ3) is 3.35. The van der Waals surface area contributed by atoms with Crippen molar-refractivity contribution >= 4 is 5.91 Å². The molecule has 0 aromatic heterocycles. The summed E-state index contributed by atoms with van der Waals surface area (Å²) in [5.74, 6) is 5.16. The van der Waals surface area contributed by atoms with Crippen LogP contribution >= 0.6 is 0 Å². The van der Waals surface area contributed by atoms with Crippen LogP contribution in [-0.4, -0.2) is 23.4 Å². The highest BCUT2D eigenvalue weighted by Crippen LogP contribution is 2.24. The number of nitrogen functional groups attached to an aromatic ring is 1. The number of carbonyl (C=O) groups is 1. The molecular formula is C15H22FN3O. The van der Waals surface area contributed by atoms with E-state index in [1.807, 2.05) is 0 Å². The lowest BCUT2D eigenvalue weighted by Gasteiger charge is -2.36. The molecule has 3 N–H and O–H groups in total. The summed E-state index contributed by atoms with van der Waals surface area (Å²) in [6.07, 6.45) is 2.26. The minimum atomic E-state index is -0.397. The van der Waals surface area contributed by atoms with Crippen LogP contribution in [0.3, 0.4) is 0 Å². The zero-order valence-electron chi connectivity index (χ0n) is 12.0. The fourth-order valence-corrected chi connectivity index (χ4v) is 2.83. The summed E-state index contributed by atoms with van der Waals surface area (Å²) in [7, 11) is 0. The van der Waals surface area contributed by atoms with E-state index in [1.165, 1.54) is 12.1 Å². The molecule has 0 saturated carbocycles. The average Bonchev–Trinajstić information content (AvgIpc) is 2.43. The van der Waals surface area contributed by atoms with Gasteiger partial charge in [-0.1, -0.05) is 6.92 Å². The minimum absolute atomic E-state index is 0.274. The van der Waals surface area contributed by atoms with Gasteiger partial charge in [-0.2, -0.15) is 0 Å². The van der Waals surface area contributed by atoms with Gasteiger partial charge in [0.1, 0.15) is 5.82 Å². The topological polar surface area (TPSA) is 58.4 Å². The lowest BCUT2D eigenvalue weighted by molar-refractivity contribution is 0.0953. The molecule has 1 aromatic carbocycles. The number of nitrogens with one attached hydrogen (secondary N) is 1. The molecule has 1 heterocycles. The van der Waals surface area contributed by atoms with E-state index in [-0.39, 0.29) is 5.82 Å². The lowest BCUT2D eigenvalue weighted by atomic mass is 9.93. The molecule has 0 radical (unpaired) electrons. The second kappa shape index (κ2) is 6.33. The normalized spacial score (nSPS) is 23.6. The number of rotatable bonds is 3. The SMILES string of the molecule is CC1CCN(Cc2cc(C(=O)NN)ccc2F)C(C)C1. The predicted octanol–water partition coefficient (Wildman–Crippen LogP) is 2.05. The Hall–Kier alpha value is -1.46. The van der Waals surface area contributed by atoms with Gasteiger partial charge >= 0.3 is 0 Å². The molecule has 2 atom stereocenters. The van der Waals surface area contributed by atoms with Crippen molar-refractivity contribution in [2.24, 2.45) is 11.8 Å². The second-order valence-electron chi connectivity index (χ2n) is 5.73. The van der Waals surface area contributed by atoms with Gasteiger partial charge in [-0.3, -0.25) is 15.1 Å². The van der Waals surface area contributed by atoms with Crippen molar-refractivity contribution in [3.05, 3.63) is 35.1 Å². The van der Waals surface area contributed by atoms with Gasteiger partial charge in [0, 0.05) is 23.7 Å². The number of amides is 1. The van der Waals surface area contributed by atoms with Gasteiger partial charge in [-0.25, -0.2) is 10.2 Å². The maximum Gasteiger partial charge on any atom is 0.265 e. The lowest BCUT2D eigenvalue weighted by Crippen LogP contribution is -2.39. The van der Waals surface area contributed by atoms with Gasteiger partial charge in [0.25, 0.3) is 5.91 Å². The number of halogens is 1. The number of nitrogens with two attached hydrogens (primary N) is 1. The van der Waals surface area contributed by atoms with Crippen molar-refractivity contribution in [2.75, 3.05) is 6.54 Å². The number of likely N-dealkylation sites (tertiary alicyclic amines) is 1. The van der Waals surface area contributed by atoms with Crippen LogP contribution in [0.25, 0.3) is 0 Å². The van der Waals surface area contributed by atoms with E-state index in [1.54, 1.807) is 6.07 Å². The molecule has 0 bridgehead atoms. The summed E-state index contributed by atoms with van der Waals surface area (Å²) in [6, 6.07) is 4.80. The van der Waals surface area contributed by atoms with E-state index >= 15 is 0 Å². The first-order chi connectivity index (χ1) is 9.51. The highest BCUT2D eigenvalue weighted by Gasteiger charge is 2.23. The minimum Gasteiger partial charge on any atom is -0.296 e. The Morgan fingerprint density at radius 2 is 2.25 bits per heavy atom. The second-order valence-corrected chi connectivity index (χ2v) is 5.73. The van der Waals surface area contributed by atoms with Crippen LogP contribution in [-0.2, 0) is 6.54 Å². The Kier molecular flexibility index (Phi) is 4.73. The number of hydrogen-bond donors (Lipinski definition) is 2. The third-order valence-corrected chi connectivity index (χ3v) is 4.09. The zero-order valence-corrected chi connectivity index (χ0v) is 12.0. The quantitative estimate of drug-likeness (QED) is 0.506. The monoisotopic (exact) mass is 279 g/mol. The molecule has 0 aliphatic carbocycles. The zero-order chi connectivity index (χ0) is 14.7. The first-order valence-corrected chi connectivity index (χ1v) is 7.04. The van der Waals surface area contributed by atoms with Gasteiger partial charge in [-0.15, -0.1) is 0 Å². The molecule has 4 nitrogen and oxygen atoms in total. The Labute approximate surface area is 119 Å². The van der Waals surface area contributed by atoms with Crippen LogP contribution in [0.15, 0.2) is 18.2 Å². The van der Waals surface area contributed by atoms with E-state index in [0.29, 0.717) is 23.7 Å². The smallest absolute Gasteiger partial charge is 0.265 e. The van der Waals surface area contributed by atoms with E-state index in [4.69, 9.17) is 5.84 Å². The molecule has 1 amide bonds. The number of nitrogens with zero attached hydrogens (tertiary/aromatic N) is 1. The number of piperidine rings is 1. The predicted molar refractivity (Wildman–Crippen MR) is 76.3 cm³/mol. The Morgan fingerprint density at radius 3 is 2.90 bits per heavy atom. The van der Waals surface area contributed by atoms with E-state index in [0.717, 1.165) is 25.3 Å². The summed E-state index contributed by atoms with van der Waals surface area (Å²) in [5.41, 5.74) is 3.01. The molecule has 0 spiro atoms. The molecule has 1 aliphatic heterocycles. The van der Waals surface area contributed by atoms with Crippen molar-refractivity contribution in [1.29, 1.82) is 0 Å². The standard InChI is InChI=1S/C15H22FN3O/c1-10-5-6-19(11(2)7-10)9-13-8-12(15(20)18-17)3-4-14(13)16/h3-4,8,10-11H,5-7,9,17H2,1-2H3,(H,18,20). The van der Waals surface area contributed by atoms with Crippen LogP contribution in [0.2, 0.25) is 0 Å². The largest absolute Gasteiger partial charge is 0.296 e. The van der Waals surface area contributed by atoms with Gasteiger partial charge in [-0.05, 0) is 50.4 Å². The highest BCUT2D eigenvalue weighted by molar-refractivity contribution is 5.93. The van der Waals surface area contributed by atoms with E-state index in [2.05, 4.69) is 24.2 Å². The molecule has 2 rings (SSSR count). The van der Waals surface area contributed by atoms with E-state index in [9.17, 15) is 9.18 Å². The maximum absolute atomic E-state index is 13.9.